The number of aryl methyl sites for hydroxylation is 1. The molecule has 1 nitrogen and oxygen atoms in total. The summed E-state index contributed by atoms with van der Waals surface area (Å²) >= 11 is 0. The van der Waals surface area contributed by atoms with Crippen molar-refractivity contribution < 1.29 is 8.78 Å². The van der Waals surface area contributed by atoms with E-state index in [1.165, 1.54) is 5.56 Å². The van der Waals surface area contributed by atoms with Gasteiger partial charge in [0.2, 0.25) is 0 Å². The van der Waals surface area contributed by atoms with E-state index in [2.05, 4.69) is 19.2 Å². The highest BCUT2D eigenvalue weighted by molar-refractivity contribution is 5.65. The Morgan fingerprint density at radius 3 is 2.33 bits per heavy atom. The summed E-state index contributed by atoms with van der Waals surface area (Å²) in [7, 11) is 0. The first-order valence-corrected chi connectivity index (χ1v) is 7.29. The summed E-state index contributed by atoms with van der Waals surface area (Å²) in [6, 6.07) is 10.7. The molecule has 0 fully saturated rings. The van der Waals surface area contributed by atoms with E-state index in [9.17, 15) is 8.78 Å². The van der Waals surface area contributed by atoms with Crippen molar-refractivity contribution in [1.29, 1.82) is 0 Å². The van der Waals surface area contributed by atoms with E-state index in [1.807, 2.05) is 24.3 Å². The number of nitrogens with one attached hydrogen (secondary N) is 1. The van der Waals surface area contributed by atoms with Crippen LogP contribution >= 0.6 is 0 Å². The van der Waals surface area contributed by atoms with E-state index in [4.69, 9.17) is 0 Å². The number of hydrogen-bond donors (Lipinski definition) is 1. The quantitative estimate of drug-likeness (QED) is 0.855. The Kier molecular flexibility index (Phi) is 5.07. The van der Waals surface area contributed by atoms with Gasteiger partial charge in [0.25, 0.3) is 0 Å². The maximum absolute atomic E-state index is 13.9. The Labute approximate surface area is 125 Å². The van der Waals surface area contributed by atoms with E-state index in [0.717, 1.165) is 24.6 Å². The average molecular weight is 289 g/mol. The minimum absolute atomic E-state index is 0.408. The van der Waals surface area contributed by atoms with Crippen molar-refractivity contribution in [1.82, 2.24) is 5.32 Å². The number of benzene rings is 2. The third kappa shape index (κ3) is 3.88. The van der Waals surface area contributed by atoms with Crippen LogP contribution in [0.5, 0.6) is 0 Å². The fraction of sp³-hybridized carbons (Fsp3) is 0.333. The van der Waals surface area contributed by atoms with Crippen LogP contribution in [-0.2, 0) is 6.42 Å². The summed E-state index contributed by atoms with van der Waals surface area (Å²) in [5, 5.41) is 3.36. The van der Waals surface area contributed by atoms with Gasteiger partial charge < -0.3 is 5.32 Å². The molecule has 1 N–H and O–H groups in total. The summed E-state index contributed by atoms with van der Waals surface area (Å²) in [5.74, 6) is -1.03. The lowest BCUT2D eigenvalue weighted by Gasteiger charge is -2.13. The molecule has 0 radical (unpaired) electrons. The van der Waals surface area contributed by atoms with Crippen LogP contribution in [0.4, 0.5) is 8.78 Å². The zero-order valence-electron chi connectivity index (χ0n) is 12.7. The predicted molar refractivity (Wildman–Crippen MR) is 83.4 cm³/mol. The van der Waals surface area contributed by atoms with Crippen molar-refractivity contribution in [3.63, 3.8) is 0 Å². The lowest BCUT2D eigenvalue weighted by Crippen LogP contribution is -2.27. The molecule has 3 heteroatoms. The van der Waals surface area contributed by atoms with Crippen LogP contribution in [0.3, 0.4) is 0 Å². The van der Waals surface area contributed by atoms with Gasteiger partial charge in [-0.3, -0.25) is 0 Å². The highest BCUT2D eigenvalue weighted by atomic mass is 19.1. The van der Waals surface area contributed by atoms with Gasteiger partial charge in [0, 0.05) is 17.7 Å². The van der Waals surface area contributed by atoms with Gasteiger partial charge in [0.05, 0.1) is 0 Å². The molecule has 112 valence electrons. The third-order valence-corrected chi connectivity index (χ3v) is 3.61. The number of halogens is 2. The Morgan fingerprint density at radius 1 is 1.05 bits per heavy atom. The van der Waals surface area contributed by atoms with Crippen molar-refractivity contribution in [2.75, 3.05) is 6.54 Å². The van der Waals surface area contributed by atoms with Crippen molar-refractivity contribution in [3.8, 4) is 11.1 Å². The zero-order chi connectivity index (χ0) is 15.4. The molecular formula is C18H21F2N. The molecule has 0 saturated carbocycles. The molecule has 0 amide bonds. The molecule has 0 saturated heterocycles. The Balaban J connectivity index is 2.21. The predicted octanol–water partition coefficient (Wildman–Crippen LogP) is 4.48. The second-order valence-corrected chi connectivity index (χ2v) is 5.44. The summed E-state index contributed by atoms with van der Waals surface area (Å²) < 4.78 is 27.2. The second kappa shape index (κ2) is 6.81. The van der Waals surface area contributed by atoms with Gasteiger partial charge in [-0.15, -0.1) is 0 Å². The summed E-state index contributed by atoms with van der Waals surface area (Å²) in [6.45, 7) is 6.81. The van der Waals surface area contributed by atoms with Crippen LogP contribution in [0.25, 0.3) is 11.1 Å². The lowest BCUT2D eigenvalue weighted by atomic mass is 9.99. The van der Waals surface area contributed by atoms with Gasteiger partial charge in [-0.05, 0) is 49.6 Å². The molecule has 2 aromatic carbocycles. The van der Waals surface area contributed by atoms with Gasteiger partial charge in [0.1, 0.15) is 11.6 Å². The molecule has 0 heterocycles. The first-order valence-electron chi connectivity index (χ1n) is 7.29. The Bertz CT molecular complexity index is 605. The lowest BCUT2D eigenvalue weighted by molar-refractivity contribution is 0.565. The second-order valence-electron chi connectivity index (χ2n) is 5.44. The van der Waals surface area contributed by atoms with Gasteiger partial charge in [-0.25, -0.2) is 8.78 Å². The maximum atomic E-state index is 13.9. The molecule has 1 atom stereocenters. The SMILES string of the molecule is CCNC(C)Cc1ccc(-c2cc(C)c(F)cc2F)cc1. The van der Waals surface area contributed by atoms with Crippen molar-refractivity contribution in [2.24, 2.45) is 0 Å². The van der Waals surface area contributed by atoms with E-state index in [1.54, 1.807) is 13.0 Å². The molecule has 0 bridgehead atoms. The van der Waals surface area contributed by atoms with Crippen LogP contribution < -0.4 is 5.32 Å². The third-order valence-electron chi connectivity index (χ3n) is 3.61. The van der Waals surface area contributed by atoms with Crippen LogP contribution in [0.1, 0.15) is 25.0 Å². The van der Waals surface area contributed by atoms with E-state index in [0.29, 0.717) is 17.2 Å². The van der Waals surface area contributed by atoms with Crippen LogP contribution in [-0.4, -0.2) is 12.6 Å². The van der Waals surface area contributed by atoms with Crippen LogP contribution in [0.2, 0.25) is 0 Å². The molecule has 2 aromatic rings. The Hall–Kier alpha value is -1.74. The molecule has 0 spiro atoms. The minimum atomic E-state index is -0.521. The van der Waals surface area contributed by atoms with Crippen molar-refractivity contribution >= 4 is 0 Å². The highest BCUT2D eigenvalue weighted by Crippen LogP contribution is 2.26. The first kappa shape index (κ1) is 15.6. The van der Waals surface area contributed by atoms with Gasteiger partial charge in [0.15, 0.2) is 0 Å². The highest BCUT2D eigenvalue weighted by Gasteiger charge is 2.09. The fourth-order valence-corrected chi connectivity index (χ4v) is 2.47. The monoisotopic (exact) mass is 289 g/mol. The van der Waals surface area contributed by atoms with E-state index < -0.39 is 11.6 Å². The number of rotatable bonds is 5. The number of likely N-dealkylation sites (N-methyl/N-ethyl adjacent to an activating group) is 1. The summed E-state index contributed by atoms with van der Waals surface area (Å²) in [6.07, 6.45) is 0.930. The van der Waals surface area contributed by atoms with Gasteiger partial charge in [-0.1, -0.05) is 31.2 Å². The molecule has 21 heavy (non-hydrogen) atoms. The van der Waals surface area contributed by atoms with E-state index >= 15 is 0 Å². The first-order chi connectivity index (χ1) is 10.0. The van der Waals surface area contributed by atoms with Crippen LogP contribution in [0, 0.1) is 18.6 Å². The fourth-order valence-electron chi connectivity index (χ4n) is 2.47. The molecule has 1 unspecified atom stereocenters. The number of hydrogen-bond acceptors (Lipinski definition) is 1. The van der Waals surface area contributed by atoms with Crippen molar-refractivity contribution in [3.05, 3.63) is 59.2 Å². The summed E-state index contributed by atoms with van der Waals surface area (Å²) in [5.41, 5.74) is 2.87. The Morgan fingerprint density at radius 2 is 1.71 bits per heavy atom. The largest absolute Gasteiger partial charge is 0.314 e. The summed E-state index contributed by atoms with van der Waals surface area (Å²) in [4.78, 5) is 0. The molecule has 0 aliphatic carbocycles. The topological polar surface area (TPSA) is 12.0 Å². The van der Waals surface area contributed by atoms with E-state index in [-0.39, 0.29) is 0 Å². The van der Waals surface area contributed by atoms with Gasteiger partial charge in [-0.2, -0.15) is 0 Å². The molecule has 2 rings (SSSR count). The maximum Gasteiger partial charge on any atom is 0.133 e. The molecular weight excluding hydrogens is 268 g/mol. The zero-order valence-corrected chi connectivity index (χ0v) is 12.7. The standard InChI is InChI=1S/C18H21F2N/c1-4-21-13(3)10-14-5-7-15(8-6-14)16-9-12(2)17(19)11-18(16)20/h5-9,11,13,21H,4,10H2,1-3H3. The average Bonchev–Trinajstić information content (AvgIpc) is 2.44. The van der Waals surface area contributed by atoms with Crippen LogP contribution in [0.15, 0.2) is 36.4 Å². The molecule has 0 aromatic heterocycles. The smallest absolute Gasteiger partial charge is 0.133 e. The van der Waals surface area contributed by atoms with Gasteiger partial charge >= 0.3 is 0 Å². The minimum Gasteiger partial charge on any atom is -0.314 e. The molecule has 0 aliphatic rings. The molecule has 0 aliphatic heterocycles. The van der Waals surface area contributed by atoms with Crippen molar-refractivity contribution in [2.45, 2.75) is 33.2 Å². The normalized spacial score (nSPS) is 12.4.